The largest absolute Gasteiger partial charge is 0.255 e. The van der Waals surface area contributed by atoms with E-state index in [2.05, 4.69) is 24.9 Å². The van der Waals surface area contributed by atoms with Gasteiger partial charge < -0.3 is 0 Å². The van der Waals surface area contributed by atoms with E-state index in [-0.39, 0.29) is 0 Å². The SMILES string of the molecule is CC(C)CSc1c(C#N)cnc2ccccc12. The number of rotatable bonds is 3. The van der Waals surface area contributed by atoms with E-state index in [1.165, 1.54) is 0 Å². The maximum atomic E-state index is 9.14. The van der Waals surface area contributed by atoms with Crippen LogP contribution in [0.25, 0.3) is 10.9 Å². The van der Waals surface area contributed by atoms with Gasteiger partial charge in [-0.15, -0.1) is 11.8 Å². The quantitative estimate of drug-likeness (QED) is 0.767. The highest BCUT2D eigenvalue weighted by Crippen LogP contribution is 2.31. The van der Waals surface area contributed by atoms with Crippen LogP contribution in [0.2, 0.25) is 0 Å². The summed E-state index contributed by atoms with van der Waals surface area (Å²) in [5, 5.41) is 10.2. The average molecular weight is 242 g/mol. The number of nitrogens with zero attached hydrogens (tertiary/aromatic N) is 2. The van der Waals surface area contributed by atoms with Gasteiger partial charge in [0.15, 0.2) is 0 Å². The minimum Gasteiger partial charge on any atom is -0.255 e. The molecule has 0 aliphatic heterocycles. The highest BCUT2D eigenvalue weighted by Gasteiger charge is 2.09. The number of aromatic nitrogens is 1. The van der Waals surface area contributed by atoms with Gasteiger partial charge in [0.1, 0.15) is 6.07 Å². The van der Waals surface area contributed by atoms with E-state index in [9.17, 15) is 0 Å². The van der Waals surface area contributed by atoms with Crippen molar-refractivity contribution in [3.8, 4) is 6.07 Å². The molecule has 2 nitrogen and oxygen atoms in total. The summed E-state index contributed by atoms with van der Waals surface area (Å²) in [7, 11) is 0. The van der Waals surface area contributed by atoms with Crippen molar-refractivity contribution in [1.82, 2.24) is 4.98 Å². The number of fused-ring (bicyclic) bond motifs is 1. The minimum absolute atomic E-state index is 0.610. The fourth-order valence-electron chi connectivity index (χ4n) is 1.60. The number of thioether (sulfide) groups is 1. The monoisotopic (exact) mass is 242 g/mol. The number of nitriles is 1. The van der Waals surface area contributed by atoms with Crippen molar-refractivity contribution >= 4 is 22.7 Å². The molecule has 2 aromatic rings. The molecule has 0 aliphatic carbocycles. The lowest BCUT2D eigenvalue weighted by Crippen LogP contribution is -1.93. The van der Waals surface area contributed by atoms with Gasteiger partial charge in [-0.25, -0.2) is 0 Å². The highest BCUT2D eigenvalue weighted by molar-refractivity contribution is 7.99. The second-order valence-electron chi connectivity index (χ2n) is 4.33. The predicted octanol–water partition coefficient (Wildman–Crippen LogP) is 3.85. The van der Waals surface area contributed by atoms with E-state index in [4.69, 9.17) is 5.26 Å². The predicted molar refractivity (Wildman–Crippen MR) is 72.0 cm³/mol. The molecule has 3 heteroatoms. The van der Waals surface area contributed by atoms with Crippen molar-refractivity contribution in [2.45, 2.75) is 18.7 Å². The van der Waals surface area contributed by atoms with Crippen molar-refractivity contribution < 1.29 is 0 Å². The van der Waals surface area contributed by atoms with E-state index in [0.29, 0.717) is 11.5 Å². The van der Waals surface area contributed by atoms with E-state index < -0.39 is 0 Å². The normalized spacial score (nSPS) is 10.7. The summed E-state index contributed by atoms with van der Waals surface area (Å²) >= 11 is 1.75. The molecule has 0 radical (unpaired) electrons. The molecule has 1 aromatic carbocycles. The average Bonchev–Trinajstić information content (AvgIpc) is 2.35. The van der Waals surface area contributed by atoms with E-state index in [1.54, 1.807) is 18.0 Å². The summed E-state index contributed by atoms with van der Waals surface area (Å²) in [6.07, 6.45) is 1.67. The molecule has 0 fully saturated rings. The van der Waals surface area contributed by atoms with Gasteiger partial charge in [0.05, 0.1) is 11.1 Å². The molecule has 0 N–H and O–H groups in total. The fourth-order valence-corrected chi connectivity index (χ4v) is 2.68. The molecule has 86 valence electrons. The standard InChI is InChI=1S/C14H14N2S/c1-10(2)9-17-14-11(7-15)8-16-13-6-4-3-5-12(13)14/h3-6,8,10H,9H2,1-2H3. The topological polar surface area (TPSA) is 36.7 Å². The lowest BCUT2D eigenvalue weighted by atomic mass is 10.2. The van der Waals surface area contributed by atoms with Gasteiger partial charge >= 0.3 is 0 Å². The Kier molecular flexibility index (Phi) is 3.65. The van der Waals surface area contributed by atoms with E-state index >= 15 is 0 Å². The summed E-state index contributed by atoms with van der Waals surface area (Å²) in [4.78, 5) is 5.37. The van der Waals surface area contributed by atoms with Crippen LogP contribution < -0.4 is 0 Å². The Morgan fingerprint density at radius 3 is 2.82 bits per heavy atom. The molecule has 0 spiro atoms. The molecule has 2 rings (SSSR count). The molecule has 17 heavy (non-hydrogen) atoms. The summed E-state index contributed by atoms with van der Waals surface area (Å²) in [5.74, 6) is 1.63. The number of hydrogen-bond donors (Lipinski definition) is 0. The zero-order valence-electron chi connectivity index (χ0n) is 9.97. The van der Waals surface area contributed by atoms with Crippen LogP contribution in [0.15, 0.2) is 35.4 Å². The van der Waals surface area contributed by atoms with Crippen LogP contribution in [-0.4, -0.2) is 10.7 Å². The number of hydrogen-bond acceptors (Lipinski definition) is 3. The Bertz CT molecular complexity index is 570. The van der Waals surface area contributed by atoms with Crippen LogP contribution in [0, 0.1) is 17.2 Å². The Morgan fingerprint density at radius 2 is 2.12 bits per heavy atom. The first kappa shape index (κ1) is 11.9. The van der Waals surface area contributed by atoms with Gasteiger partial charge in [0, 0.05) is 22.2 Å². The van der Waals surface area contributed by atoms with Crippen molar-refractivity contribution in [2.24, 2.45) is 5.92 Å². The van der Waals surface area contributed by atoms with E-state index in [0.717, 1.165) is 21.6 Å². The van der Waals surface area contributed by atoms with Crippen LogP contribution in [0.4, 0.5) is 0 Å². The molecule has 0 aliphatic rings. The second kappa shape index (κ2) is 5.20. The Balaban J connectivity index is 2.52. The summed E-state index contributed by atoms with van der Waals surface area (Å²) in [6.45, 7) is 4.37. The van der Waals surface area contributed by atoms with Gasteiger partial charge in [-0.05, 0) is 12.0 Å². The number of pyridine rings is 1. The van der Waals surface area contributed by atoms with Crippen LogP contribution in [0.5, 0.6) is 0 Å². The molecular formula is C14H14N2S. The Morgan fingerprint density at radius 1 is 1.35 bits per heavy atom. The molecular weight excluding hydrogens is 228 g/mol. The highest BCUT2D eigenvalue weighted by atomic mass is 32.2. The second-order valence-corrected chi connectivity index (χ2v) is 5.37. The van der Waals surface area contributed by atoms with Crippen molar-refractivity contribution in [2.75, 3.05) is 5.75 Å². The molecule has 0 saturated heterocycles. The van der Waals surface area contributed by atoms with Crippen LogP contribution in [-0.2, 0) is 0 Å². The Hall–Kier alpha value is -1.53. The summed E-state index contributed by atoms with van der Waals surface area (Å²) < 4.78 is 0. The first-order valence-corrected chi connectivity index (χ1v) is 6.61. The third-order valence-electron chi connectivity index (χ3n) is 2.41. The van der Waals surface area contributed by atoms with Crippen LogP contribution >= 0.6 is 11.8 Å². The van der Waals surface area contributed by atoms with Crippen molar-refractivity contribution in [3.05, 3.63) is 36.0 Å². The van der Waals surface area contributed by atoms with E-state index in [1.807, 2.05) is 24.3 Å². The van der Waals surface area contributed by atoms with Gasteiger partial charge in [-0.2, -0.15) is 5.26 Å². The number of para-hydroxylation sites is 1. The molecule has 0 saturated carbocycles. The molecule has 0 unspecified atom stereocenters. The third kappa shape index (κ3) is 2.59. The van der Waals surface area contributed by atoms with Crippen molar-refractivity contribution in [1.29, 1.82) is 5.26 Å². The van der Waals surface area contributed by atoms with Crippen LogP contribution in [0.1, 0.15) is 19.4 Å². The third-order valence-corrected chi connectivity index (χ3v) is 3.97. The maximum absolute atomic E-state index is 9.14. The molecule has 1 heterocycles. The van der Waals surface area contributed by atoms with Gasteiger partial charge in [0.25, 0.3) is 0 Å². The molecule has 0 bridgehead atoms. The Labute approximate surface area is 106 Å². The summed E-state index contributed by atoms with van der Waals surface area (Å²) in [6, 6.07) is 10.2. The van der Waals surface area contributed by atoms with Gasteiger partial charge in [-0.3, -0.25) is 4.98 Å². The van der Waals surface area contributed by atoms with Crippen molar-refractivity contribution in [3.63, 3.8) is 0 Å². The lowest BCUT2D eigenvalue weighted by Gasteiger charge is -2.09. The van der Waals surface area contributed by atoms with Crippen LogP contribution in [0.3, 0.4) is 0 Å². The zero-order chi connectivity index (χ0) is 12.3. The van der Waals surface area contributed by atoms with Gasteiger partial charge in [0.2, 0.25) is 0 Å². The first-order valence-electron chi connectivity index (χ1n) is 5.63. The first-order chi connectivity index (χ1) is 8.22. The fraction of sp³-hybridized carbons (Fsp3) is 0.286. The maximum Gasteiger partial charge on any atom is 0.102 e. The molecule has 1 aromatic heterocycles. The zero-order valence-corrected chi connectivity index (χ0v) is 10.8. The molecule has 0 atom stereocenters. The molecule has 0 amide bonds. The summed E-state index contributed by atoms with van der Waals surface area (Å²) in [5.41, 5.74) is 1.63. The minimum atomic E-state index is 0.610. The number of benzene rings is 1. The lowest BCUT2D eigenvalue weighted by molar-refractivity contribution is 0.750. The smallest absolute Gasteiger partial charge is 0.102 e. The van der Waals surface area contributed by atoms with Gasteiger partial charge in [-0.1, -0.05) is 32.0 Å².